The van der Waals surface area contributed by atoms with Gasteiger partial charge in [0.05, 0.1) is 19.1 Å². The van der Waals surface area contributed by atoms with Crippen molar-refractivity contribution in [3.8, 4) is 0 Å². The van der Waals surface area contributed by atoms with Gasteiger partial charge in [0.2, 0.25) is 11.8 Å². The lowest BCUT2D eigenvalue weighted by atomic mass is 9.86. The first-order valence-electron chi connectivity index (χ1n) is 5.53. The summed E-state index contributed by atoms with van der Waals surface area (Å²) >= 11 is 0. The zero-order chi connectivity index (χ0) is 12.6. The normalized spacial score (nSPS) is 41.6. The maximum atomic E-state index is 11.0. The minimum atomic E-state index is -1.25. The van der Waals surface area contributed by atoms with Crippen LogP contribution in [0.15, 0.2) is 0 Å². The monoisotopic (exact) mass is 246 g/mol. The molecular weight excluding hydrogens is 232 g/mol. The Bertz CT molecular complexity index is 348. The molecule has 0 aromatic rings. The third kappa shape index (κ3) is 2.09. The molecule has 3 unspecified atom stereocenters. The minimum Gasteiger partial charge on any atom is -0.341 e. The van der Waals surface area contributed by atoms with Crippen molar-refractivity contribution in [3.05, 3.63) is 20.2 Å². The number of ether oxygens (including phenoxy) is 2. The van der Waals surface area contributed by atoms with Gasteiger partial charge in [0.25, 0.3) is 6.04 Å². The van der Waals surface area contributed by atoms with E-state index in [2.05, 4.69) is 0 Å². The molecule has 8 heteroatoms. The van der Waals surface area contributed by atoms with Gasteiger partial charge in [-0.2, -0.15) is 0 Å². The number of rotatable bonds is 2. The van der Waals surface area contributed by atoms with Crippen LogP contribution < -0.4 is 0 Å². The van der Waals surface area contributed by atoms with Crippen LogP contribution in [0.5, 0.6) is 0 Å². The van der Waals surface area contributed by atoms with Crippen LogP contribution in [0.1, 0.15) is 26.2 Å². The zero-order valence-corrected chi connectivity index (χ0v) is 9.40. The molecule has 0 bridgehead atoms. The van der Waals surface area contributed by atoms with Gasteiger partial charge in [0.15, 0.2) is 0 Å². The van der Waals surface area contributed by atoms with Crippen LogP contribution in [0.2, 0.25) is 0 Å². The highest BCUT2D eigenvalue weighted by molar-refractivity contribution is 4.91. The van der Waals surface area contributed by atoms with Gasteiger partial charge in [0, 0.05) is 22.7 Å². The Hall–Kier alpha value is -1.28. The quantitative estimate of drug-likeness (QED) is 0.521. The molecule has 2 aliphatic rings. The van der Waals surface area contributed by atoms with E-state index >= 15 is 0 Å². The molecule has 96 valence electrons. The average Bonchev–Trinajstić information content (AvgIpc) is 2.60. The van der Waals surface area contributed by atoms with E-state index in [9.17, 15) is 20.2 Å². The molecule has 1 aliphatic carbocycles. The summed E-state index contributed by atoms with van der Waals surface area (Å²) in [5, 5.41) is 21.7. The molecule has 1 saturated heterocycles. The second-order valence-electron chi connectivity index (χ2n) is 4.57. The number of nitrogens with zero attached hydrogens (tertiary/aromatic N) is 2. The molecule has 1 saturated carbocycles. The fraction of sp³-hybridized carbons (Fsp3) is 1.00. The topological polar surface area (TPSA) is 105 Å². The van der Waals surface area contributed by atoms with Gasteiger partial charge in [0.1, 0.15) is 0 Å². The molecule has 8 nitrogen and oxygen atoms in total. The highest BCUT2D eigenvalue weighted by atomic mass is 16.8. The third-order valence-electron chi connectivity index (χ3n) is 3.34. The predicted octanol–water partition coefficient (Wildman–Crippen LogP) is 0.593. The lowest BCUT2D eigenvalue weighted by molar-refractivity contribution is -0.596. The van der Waals surface area contributed by atoms with E-state index in [1.165, 1.54) is 0 Å². The first kappa shape index (κ1) is 12.2. The predicted molar refractivity (Wildman–Crippen MR) is 54.6 cm³/mol. The van der Waals surface area contributed by atoms with Crippen molar-refractivity contribution in [2.24, 2.45) is 0 Å². The van der Waals surface area contributed by atoms with Crippen molar-refractivity contribution in [2.45, 2.75) is 50.2 Å². The summed E-state index contributed by atoms with van der Waals surface area (Å²) in [6, 6.07) is -2.03. The Balaban J connectivity index is 2.18. The molecule has 0 N–H and O–H groups in total. The van der Waals surface area contributed by atoms with E-state index < -0.39 is 27.7 Å². The van der Waals surface area contributed by atoms with Crippen LogP contribution in [0.4, 0.5) is 0 Å². The summed E-state index contributed by atoms with van der Waals surface area (Å²) < 4.78 is 10.9. The maximum absolute atomic E-state index is 11.0. The second-order valence-corrected chi connectivity index (χ2v) is 4.57. The van der Waals surface area contributed by atoms with Crippen LogP contribution in [0.25, 0.3) is 0 Å². The van der Waals surface area contributed by atoms with Crippen molar-refractivity contribution >= 4 is 0 Å². The Labute approximate surface area is 97.2 Å². The van der Waals surface area contributed by atoms with Crippen LogP contribution in [0.3, 0.4) is 0 Å². The van der Waals surface area contributed by atoms with E-state index in [-0.39, 0.29) is 25.4 Å². The zero-order valence-electron chi connectivity index (χ0n) is 9.40. The molecule has 2 fully saturated rings. The number of hydrogen-bond donors (Lipinski definition) is 0. The van der Waals surface area contributed by atoms with Gasteiger partial charge in [-0.25, -0.2) is 0 Å². The molecule has 1 aliphatic heterocycles. The van der Waals surface area contributed by atoms with E-state index in [1.54, 1.807) is 6.92 Å². The van der Waals surface area contributed by atoms with E-state index in [0.29, 0.717) is 6.61 Å². The molecule has 2 rings (SSSR count). The molecule has 0 aromatic heterocycles. The summed E-state index contributed by atoms with van der Waals surface area (Å²) in [6.07, 6.45) is 0.121. The lowest BCUT2D eigenvalue weighted by Crippen LogP contribution is -2.54. The van der Waals surface area contributed by atoms with Gasteiger partial charge in [-0.3, -0.25) is 20.2 Å². The van der Waals surface area contributed by atoms with Gasteiger partial charge >= 0.3 is 0 Å². The molecule has 4 atom stereocenters. The summed E-state index contributed by atoms with van der Waals surface area (Å²) in [4.78, 5) is 20.7. The first-order valence-corrected chi connectivity index (χ1v) is 5.53. The Morgan fingerprint density at radius 3 is 2.47 bits per heavy atom. The van der Waals surface area contributed by atoms with E-state index in [4.69, 9.17) is 9.47 Å². The highest BCUT2D eigenvalue weighted by Gasteiger charge is 2.59. The minimum absolute atomic E-state index is 0.132. The van der Waals surface area contributed by atoms with Crippen molar-refractivity contribution in [1.82, 2.24) is 0 Å². The van der Waals surface area contributed by atoms with Crippen LogP contribution in [-0.2, 0) is 9.47 Å². The molecular formula is C9H14N2O6. The number of hydrogen-bond acceptors (Lipinski definition) is 6. The largest absolute Gasteiger partial charge is 0.341 e. The van der Waals surface area contributed by atoms with Gasteiger partial charge in [-0.15, -0.1) is 0 Å². The summed E-state index contributed by atoms with van der Waals surface area (Å²) in [7, 11) is 0. The standard InChI is InChI=1S/C9H14N2O6/c1-6-5-16-9(17-6)3-2-7(10(12)13)4-8(9)11(14)15/h6-8H,2-5H2,1H3/t6?,7?,8?,9-/m1/s1. The molecule has 0 radical (unpaired) electrons. The Kier molecular flexibility index (Phi) is 3.00. The van der Waals surface area contributed by atoms with Crippen LogP contribution in [-0.4, -0.2) is 40.4 Å². The van der Waals surface area contributed by atoms with E-state index in [0.717, 1.165) is 0 Å². The van der Waals surface area contributed by atoms with E-state index in [1.807, 2.05) is 0 Å². The highest BCUT2D eigenvalue weighted by Crippen LogP contribution is 2.40. The van der Waals surface area contributed by atoms with Crippen molar-refractivity contribution < 1.29 is 19.3 Å². The Morgan fingerprint density at radius 1 is 1.29 bits per heavy atom. The van der Waals surface area contributed by atoms with Gasteiger partial charge < -0.3 is 9.47 Å². The van der Waals surface area contributed by atoms with Crippen molar-refractivity contribution in [1.29, 1.82) is 0 Å². The van der Waals surface area contributed by atoms with Crippen molar-refractivity contribution in [3.63, 3.8) is 0 Å². The van der Waals surface area contributed by atoms with Crippen molar-refractivity contribution in [2.75, 3.05) is 6.61 Å². The molecule has 1 spiro atoms. The summed E-state index contributed by atoms with van der Waals surface area (Å²) in [6.45, 7) is 2.07. The SMILES string of the molecule is CC1CO[C@]2(CCC([N+](=O)[O-])CC2[N+](=O)[O-])O1. The van der Waals surface area contributed by atoms with Crippen LogP contribution >= 0.6 is 0 Å². The first-order chi connectivity index (χ1) is 7.94. The molecule has 1 heterocycles. The third-order valence-corrected chi connectivity index (χ3v) is 3.34. The smallest absolute Gasteiger partial charge is 0.272 e. The van der Waals surface area contributed by atoms with Gasteiger partial charge in [-0.1, -0.05) is 0 Å². The second kappa shape index (κ2) is 4.19. The molecule has 0 aromatic carbocycles. The van der Waals surface area contributed by atoms with Crippen LogP contribution in [0, 0.1) is 20.2 Å². The Morgan fingerprint density at radius 2 is 2.00 bits per heavy atom. The van der Waals surface area contributed by atoms with Gasteiger partial charge in [-0.05, 0) is 6.92 Å². The fourth-order valence-electron chi connectivity index (χ4n) is 2.50. The summed E-state index contributed by atoms with van der Waals surface area (Å²) in [5.74, 6) is -1.25. The fourth-order valence-corrected chi connectivity index (χ4v) is 2.50. The number of nitro groups is 2. The lowest BCUT2D eigenvalue weighted by Gasteiger charge is -2.34. The summed E-state index contributed by atoms with van der Waals surface area (Å²) in [5.41, 5.74) is 0. The molecule has 0 amide bonds. The average molecular weight is 246 g/mol. The maximum Gasteiger partial charge on any atom is 0.272 e. The molecule has 17 heavy (non-hydrogen) atoms.